The fourth-order valence-electron chi connectivity index (χ4n) is 2.94. The molecule has 0 amide bonds. The molecule has 2 aromatic rings. The maximum Gasteiger partial charge on any atom is 0.288 e. The normalized spacial score (nSPS) is 14.6. The van der Waals surface area contributed by atoms with E-state index in [4.69, 9.17) is 9.47 Å². The Bertz CT molecular complexity index is 1100. The monoisotopic (exact) mass is 419 g/mol. The standard InChI is InChI=1S/C19H21N3O6S/c1-12-8-14-18(17(9-12)28-3)29(25,26)21-19(14)22(6-7-23)20-11-13-4-5-15(24)16(10-13)27-2/h4-5,8-11,23-24H,6-7H2,1-3H3. The topological polar surface area (TPSA) is 121 Å². The molecule has 1 aliphatic heterocycles. The molecule has 0 saturated heterocycles. The van der Waals surface area contributed by atoms with Gasteiger partial charge in [-0.25, -0.2) is 5.01 Å². The van der Waals surface area contributed by atoms with Crippen molar-refractivity contribution in [2.24, 2.45) is 9.50 Å². The van der Waals surface area contributed by atoms with E-state index in [2.05, 4.69) is 9.50 Å². The molecule has 1 aliphatic rings. The van der Waals surface area contributed by atoms with E-state index < -0.39 is 10.0 Å². The summed E-state index contributed by atoms with van der Waals surface area (Å²) in [7, 11) is -1.14. The predicted molar refractivity (Wildman–Crippen MR) is 107 cm³/mol. The minimum absolute atomic E-state index is 0.0142. The lowest BCUT2D eigenvalue weighted by Gasteiger charge is -2.18. The van der Waals surface area contributed by atoms with Gasteiger partial charge in [0.1, 0.15) is 10.6 Å². The van der Waals surface area contributed by atoms with Gasteiger partial charge < -0.3 is 19.7 Å². The van der Waals surface area contributed by atoms with Crippen LogP contribution in [-0.4, -0.2) is 63.1 Å². The second-order valence-corrected chi connectivity index (χ2v) is 7.80. The number of amidine groups is 1. The van der Waals surface area contributed by atoms with E-state index in [1.54, 1.807) is 24.3 Å². The predicted octanol–water partition coefficient (Wildman–Crippen LogP) is 1.50. The summed E-state index contributed by atoms with van der Waals surface area (Å²) in [6.07, 6.45) is 1.46. The smallest absolute Gasteiger partial charge is 0.288 e. The van der Waals surface area contributed by atoms with Crippen LogP contribution in [0.15, 0.2) is 44.7 Å². The lowest BCUT2D eigenvalue weighted by molar-refractivity contribution is 0.254. The van der Waals surface area contributed by atoms with Gasteiger partial charge in [-0.05, 0) is 48.4 Å². The number of aromatic hydroxyl groups is 1. The van der Waals surface area contributed by atoms with Crippen molar-refractivity contribution in [3.8, 4) is 17.2 Å². The Hall–Kier alpha value is -3.11. The van der Waals surface area contributed by atoms with Gasteiger partial charge in [-0.15, -0.1) is 4.40 Å². The van der Waals surface area contributed by atoms with Crippen LogP contribution in [0, 0.1) is 6.92 Å². The second-order valence-electron chi connectivity index (χ2n) is 6.26. The number of rotatable bonds is 6. The van der Waals surface area contributed by atoms with Gasteiger partial charge in [0.15, 0.2) is 17.3 Å². The number of hydrazone groups is 1. The summed E-state index contributed by atoms with van der Waals surface area (Å²) in [5.74, 6) is 0.557. The van der Waals surface area contributed by atoms with Crippen molar-refractivity contribution in [3.63, 3.8) is 0 Å². The summed E-state index contributed by atoms with van der Waals surface area (Å²) in [4.78, 5) is -0.0231. The first-order valence-corrected chi connectivity index (χ1v) is 10.1. The molecular weight excluding hydrogens is 398 g/mol. The molecule has 0 atom stereocenters. The molecule has 154 valence electrons. The van der Waals surface area contributed by atoms with E-state index in [0.29, 0.717) is 11.1 Å². The average Bonchev–Trinajstić information content (AvgIpc) is 2.96. The number of hydrogen-bond acceptors (Lipinski definition) is 8. The zero-order valence-electron chi connectivity index (χ0n) is 16.2. The largest absolute Gasteiger partial charge is 0.504 e. The summed E-state index contributed by atoms with van der Waals surface area (Å²) >= 11 is 0. The highest BCUT2D eigenvalue weighted by atomic mass is 32.2. The molecule has 29 heavy (non-hydrogen) atoms. The van der Waals surface area contributed by atoms with Crippen LogP contribution in [-0.2, 0) is 10.0 Å². The first-order valence-electron chi connectivity index (χ1n) is 8.64. The lowest BCUT2D eigenvalue weighted by atomic mass is 10.1. The van der Waals surface area contributed by atoms with Crippen LogP contribution in [0.4, 0.5) is 0 Å². The number of aryl methyl sites for hydroxylation is 1. The Balaban J connectivity index is 2.04. The summed E-state index contributed by atoms with van der Waals surface area (Å²) in [5, 5.41) is 24.8. The number of aliphatic hydroxyl groups excluding tert-OH is 1. The summed E-state index contributed by atoms with van der Waals surface area (Å²) in [6, 6.07) is 7.96. The Morgan fingerprint density at radius 3 is 2.55 bits per heavy atom. The Morgan fingerprint density at radius 2 is 1.90 bits per heavy atom. The van der Waals surface area contributed by atoms with Gasteiger partial charge >= 0.3 is 0 Å². The first kappa shape index (κ1) is 20.6. The number of aliphatic hydroxyl groups is 1. The van der Waals surface area contributed by atoms with Crippen LogP contribution < -0.4 is 9.47 Å². The van der Waals surface area contributed by atoms with Crippen LogP contribution >= 0.6 is 0 Å². The summed E-state index contributed by atoms with van der Waals surface area (Å²) < 4.78 is 39.4. The molecule has 0 bridgehead atoms. The molecule has 0 unspecified atom stereocenters. The number of nitrogens with zero attached hydrogens (tertiary/aromatic N) is 3. The number of methoxy groups -OCH3 is 2. The van der Waals surface area contributed by atoms with Crippen molar-refractivity contribution in [1.29, 1.82) is 0 Å². The van der Waals surface area contributed by atoms with Crippen LogP contribution in [0.2, 0.25) is 0 Å². The molecule has 9 nitrogen and oxygen atoms in total. The number of ether oxygens (including phenoxy) is 2. The molecule has 10 heteroatoms. The zero-order valence-corrected chi connectivity index (χ0v) is 17.0. The van der Waals surface area contributed by atoms with Gasteiger partial charge in [0, 0.05) is 5.56 Å². The SMILES string of the molecule is COc1cc(C=NN(CCO)C2=NS(=O)(=O)c3c(OC)cc(C)cc32)ccc1O. The molecule has 0 spiro atoms. The van der Waals surface area contributed by atoms with Crippen molar-refractivity contribution >= 4 is 22.1 Å². The number of phenolic OH excluding ortho intramolecular Hbond substituents is 1. The van der Waals surface area contributed by atoms with E-state index in [-0.39, 0.29) is 41.1 Å². The van der Waals surface area contributed by atoms with Crippen molar-refractivity contribution in [2.45, 2.75) is 11.8 Å². The second kappa shape index (κ2) is 8.10. The zero-order chi connectivity index (χ0) is 21.2. The fraction of sp³-hybridized carbons (Fsp3) is 0.263. The highest BCUT2D eigenvalue weighted by Crippen LogP contribution is 2.36. The number of fused-ring (bicyclic) bond motifs is 1. The lowest BCUT2D eigenvalue weighted by Crippen LogP contribution is -2.29. The first-order chi connectivity index (χ1) is 13.8. The third-order valence-electron chi connectivity index (χ3n) is 4.23. The maximum atomic E-state index is 12.6. The molecule has 3 rings (SSSR count). The van der Waals surface area contributed by atoms with E-state index in [1.807, 2.05) is 6.92 Å². The van der Waals surface area contributed by atoms with Crippen molar-refractivity contribution in [2.75, 3.05) is 27.4 Å². The molecule has 0 aliphatic carbocycles. The quantitative estimate of drug-likeness (QED) is 0.537. The highest BCUT2D eigenvalue weighted by Gasteiger charge is 2.35. The fourth-order valence-corrected chi connectivity index (χ4v) is 4.28. The molecule has 2 aromatic carbocycles. The number of benzene rings is 2. The Labute approximate surface area is 168 Å². The number of phenols is 1. The van der Waals surface area contributed by atoms with E-state index >= 15 is 0 Å². The number of sulfonamides is 1. The van der Waals surface area contributed by atoms with Crippen LogP contribution in [0.5, 0.6) is 17.2 Å². The maximum absolute atomic E-state index is 12.6. The van der Waals surface area contributed by atoms with Gasteiger partial charge in [-0.1, -0.05) is 0 Å². The van der Waals surface area contributed by atoms with Crippen LogP contribution in [0.25, 0.3) is 0 Å². The molecule has 0 fully saturated rings. The van der Waals surface area contributed by atoms with E-state index in [1.165, 1.54) is 31.5 Å². The van der Waals surface area contributed by atoms with E-state index in [9.17, 15) is 18.6 Å². The summed E-state index contributed by atoms with van der Waals surface area (Å²) in [5.41, 5.74) is 1.75. The third-order valence-corrected chi connectivity index (χ3v) is 5.58. The van der Waals surface area contributed by atoms with Gasteiger partial charge in [0.2, 0.25) is 0 Å². The minimum atomic E-state index is -3.96. The van der Waals surface area contributed by atoms with Gasteiger partial charge in [-0.2, -0.15) is 13.5 Å². The Kier molecular flexibility index (Phi) is 5.76. The van der Waals surface area contributed by atoms with E-state index in [0.717, 1.165) is 5.56 Å². The van der Waals surface area contributed by atoms with Gasteiger partial charge in [0.05, 0.1) is 33.6 Å². The molecule has 0 radical (unpaired) electrons. The van der Waals surface area contributed by atoms with Crippen molar-refractivity contribution < 1.29 is 28.1 Å². The Morgan fingerprint density at radius 1 is 1.17 bits per heavy atom. The molecular formula is C19H21N3O6S. The van der Waals surface area contributed by atoms with Crippen molar-refractivity contribution in [1.82, 2.24) is 5.01 Å². The average molecular weight is 419 g/mol. The highest BCUT2D eigenvalue weighted by molar-refractivity contribution is 7.90. The minimum Gasteiger partial charge on any atom is -0.504 e. The summed E-state index contributed by atoms with van der Waals surface area (Å²) in [6.45, 7) is 1.57. The number of hydrogen-bond donors (Lipinski definition) is 2. The van der Waals surface area contributed by atoms with Crippen LogP contribution in [0.1, 0.15) is 16.7 Å². The molecule has 0 aromatic heterocycles. The van der Waals surface area contributed by atoms with Gasteiger partial charge in [0.25, 0.3) is 10.0 Å². The molecule has 0 saturated carbocycles. The van der Waals surface area contributed by atoms with Crippen molar-refractivity contribution in [3.05, 3.63) is 47.0 Å². The van der Waals surface area contributed by atoms with Gasteiger partial charge in [-0.3, -0.25) is 0 Å². The third kappa shape index (κ3) is 4.03. The van der Waals surface area contributed by atoms with Crippen LogP contribution in [0.3, 0.4) is 0 Å². The molecule has 2 N–H and O–H groups in total. The molecule has 1 heterocycles.